The number of nitrogens with zero attached hydrogens (tertiary/aromatic N) is 1. The van der Waals surface area contributed by atoms with Gasteiger partial charge in [-0.25, -0.2) is 0 Å². The van der Waals surface area contributed by atoms with E-state index < -0.39 is 0 Å². The molecule has 10 rings (SSSR count). The second kappa shape index (κ2) is 11.0. The van der Waals surface area contributed by atoms with Gasteiger partial charge >= 0.3 is 0 Å². The van der Waals surface area contributed by atoms with Gasteiger partial charge in [-0.05, 0) is 82.2 Å². The summed E-state index contributed by atoms with van der Waals surface area (Å²) < 4.78 is 12.8. The van der Waals surface area contributed by atoms with E-state index in [4.69, 9.17) is 8.83 Å². The van der Waals surface area contributed by atoms with Gasteiger partial charge < -0.3 is 13.7 Å². The van der Waals surface area contributed by atoms with Crippen molar-refractivity contribution in [3.8, 4) is 22.3 Å². The molecule has 10 aromatic rings. The van der Waals surface area contributed by atoms with Crippen LogP contribution in [0.15, 0.2) is 185 Å². The Bertz CT molecular complexity index is 2830. The van der Waals surface area contributed by atoms with Crippen LogP contribution in [0.25, 0.3) is 76.9 Å². The molecule has 0 fully saturated rings. The molecule has 0 aliphatic carbocycles. The molecule has 0 amide bonds. The van der Waals surface area contributed by atoms with Crippen molar-refractivity contribution >= 4 is 71.7 Å². The molecule has 0 atom stereocenters. The molecule has 2 aromatic heterocycles. The summed E-state index contributed by atoms with van der Waals surface area (Å²) >= 11 is 0. The average molecular weight is 628 g/mol. The van der Waals surface area contributed by atoms with E-state index in [2.05, 4.69) is 157 Å². The molecule has 0 aliphatic heterocycles. The smallest absolute Gasteiger partial charge is 0.137 e. The molecule has 3 nitrogen and oxygen atoms in total. The molecule has 8 aromatic carbocycles. The molecule has 0 N–H and O–H groups in total. The first-order chi connectivity index (χ1) is 24.3. The number of furan rings is 2. The Morgan fingerprint density at radius 2 is 0.939 bits per heavy atom. The Morgan fingerprint density at radius 3 is 1.73 bits per heavy atom. The van der Waals surface area contributed by atoms with Gasteiger partial charge in [-0.3, -0.25) is 0 Å². The van der Waals surface area contributed by atoms with Crippen LogP contribution in [-0.2, 0) is 0 Å². The molecule has 230 valence electrons. The monoisotopic (exact) mass is 627 g/mol. The normalized spacial score (nSPS) is 11.7. The van der Waals surface area contributed by atoms with E-state index in [1.165, 1.54) is 16.7 Å². The van der Waals surface area contributed by atoms with Crippen LogP contribution in [0.1, 0.15) is 0 Å². The van der Waals surface area contributed by atoms with Crippen molar-refractivity contribution in [3.63, 3.8) is 0 Å². The van der Waals surface area contributed by atoms with E-state index in [0.29, 0.717) is 0 Å². The van der Waals surface area contributed by atoms with Gasteiger partial charge in [0.1, 0.15) is 22.3 Å². The van der Waals surface area contributed by atoms with Crippen LogP contribution >= 0.6 is 0 Å². The Morgan fingerprint density at radius 1 is 0.347 bits per heavy atom. The van der Waals surface area contributed by atoms with E-state index in [0.717, 1.165) is 77.3 Å². The van der Waals surface area contributed by atoms with Gasteiger partial charge in [0.05, 0.1) is 16.8 Å². The lowest BCUT2D eigenvalue weighted by Crippen LogP contribution is -2.11. The zero-order valence-corrected chi connectivity index (χ0v) is 26.5. The van der Waals surface area contributed by atoms with Crippen LogP contribution in [-0.4, -0.2) is 0 Å². The lowest BCUT2D eigenvalue weighted by molar-refractivity contribution is 0.668. The first-order valence-electron chi connectivity index (χ1n) is 16.6. The Hall–Kier alpha value is -6.58. The molecule has 49 heavy (non-hydrogen) atoms. The van der Waals surface area contributed by atoms with Gasteiger partial charge in [-0.1, -0.05) is 121 Å². The van der Waals surface area contributed by atoms with E-state index in [-0.39, 0.29) is 0 Å². The van der Waals surface area contributed by atoms with Gasteiger partial charge in [0.15, 0.2) is 0 Å². The fraction of sp³-hybridized carbons (Fsp3) is 0. The topological polar surface area (TPSA) is 29.5 Å². The summed E-state index contributed by atoms with van der Waals surface area (Å²) in [6.45, 7) is 0. The maximum Gasteiger partial charge on any atom is 0.137 e. The maximum absolute atomic E-state index is 6.40. The zero-order chi connectivity index (χ0) is 32.3. The third-order valence-corrected chi connectivity index (χ3v) is 9.67. The molecular weight excluding hydrogens is 599 g/mol. The molecule has 2 heterocycles. The van der Waals surface area contributed by atoms with Crippen LogP contribution in [0.5, 0.6) is 0 Å². The minimum atomic E-state index is 0.858. The number of para-hydroxylation sites is 2. The van der Waals surface area contributed by atoms with Crippen LogP contribution < -0.4 is 4.90 Å². The summed E-state index contributed by atoms with van der Waals surface area (Å²) in [4.78, 5) is 2.37. The fourth-order valence-electron chi connectivity index (χ4n) is 7.42. The van der Waals surface area contributed by atoms with Gasteiger partial charge in [0.25, 0.3) is 0 Å². The highest BCUT2D eigenvalue weighted by Gasteiger charge is 2.22. The van der Waals surface area contributed by atoms with Gasteiger partial charge in [0, 0.05) is 27.2 Å². The summed E-state index contributed by atoms with van der Waals surface area (Å²) in [5, 5.41) is 6.68. The van der Waals surface area contributed by atoms with Crippen LogP contribution in [0.3, 0.4) is 0 Å². The average Bonchev–Trinajstić information content (AvgIpc) is 3.73. The predicted molar refractivity (Wildman–Crippen MR) is 204 cm³/mol. The van der Waals surface area contributed by atoms with Gasteiger partial charge in [0.2, 0.25) is 0 Å². The summed E-state index contributed by atoms with van der Waals surface area (Å²) in [6.07, 6.45) is 0. The maximum atomic E-state index is 6.40. The van der Waals surface area contributed by atoms with Crippen molar-refractivity contribution < 1.29 is 8.83 Å². The summed E-state index contributed by atoms with van der Waals surface area (Å²) in [7, 11) is 0. The highest BCUT2D eigenvalue weighted by atomic mass is 16.3. The molecule has 0 bridgehead atoms. The molecular formula is C46H29NO2. The molecule has 3 heteroatoms. The highest BCUT2D eigenvalue weighted by molar-refractivity contribution is 6.16. The van der Waals surface area contributed by atoms with Crippen molar-refractivity contribution in [2.24, 2.45) is 0 Å². The second-order valence-corrected chi connectivity index (χ2v) is 12.5. The standard InChI is InChI=1S/C46H29NO2/c1-2-12-30(13-3-1)34-15-4-5-16-35(34)31-24-26-33(27-25-31)47(41-20-11-23-44-46(41)37-18-7-9-22-43(37)48-44)40-19-10-14-32-28-39-36-17-6-8-21-42(36)49-45(39)29-38(32)40/h1-29H. The second-order valence-electron chi connectivity index (χ2n) is 12.5. The predicted octanol–water partition coefficient (Wildman–Crippen LogP) is 13.4. The number of benzene rings is 8. The number of anilines is 3. The van der Waals surface area contributed by atoms with Crippen LogP contribution in [0, 0.1) is 0 Å². The first-order valence-corrected chi connectivity index (χ1v) is 16.6. The summed E-state index contributed by atoms with van der Waals surface area (Å²) in [5.41, 5.74) is 11.5. The van der Waals surface area contributed by atoms with Crippen molar-refractivity contribution in [2.75, 3.05) is 4.90 Å². The van der Waals surface area contributed by atoms with Crippen molar-refractivity contribution in [1.82, 2.24) is 0 Å². The Balaban J connectivity index is 1.21. The van der Waals surface area contributed by atoms with Crippen molar-refractivity contribution in [1.29, 1.82) is 0 Å². The molecule has 0 saturated carbocycles. The number of rotatable bonds is 5. The Kier molecular flexibility index (Phi) is 6.18. The molecule has 0 spiro atoms. The fourth-order valence-corrected chi connectivity index (χ4v) is 7.42. The summed E-state index contributed by atoms with van der Waals surface area (Å²) in [5.74, 6) is 0. The zero-order valence-electron chi connectivity index (χ0n) is 26.5. The SMILES string of the molecule is c1ccc(-c2ccccc2-c2ccc(N(c3cccc4cc5c(cc34)oc3ccccc35)c3cccc4oc5ccccc5c34)cc2)cc1. The molecule has 0 radical (unpaired) electrons. The largest absolute Gasteiger partial charge is 0.456 e. The quantitative estimate of drug-likeness (QED) is 0.190. The Labute approximate surface area is 282 Å². The third kappa shape index (κ3) is 4.44. The number of fused-ring (bicyclic) bond motifs is 7. The van der Waals surface area contributed by atoms with Crippen molar-refractivity contribution in [2.45, 2.75) is 0 Å². The highest BCUT2D eigenvalue weighted by Crippen LogP contribution is 2.46. The minimum absolute atomic E-state index is 0.858. The number of hydrogen-bond donors (Lipinski definition) is 0. The summed E-state index contributed by atoms with van der Waals surface area (Å²) in [6, 6.07) is 62.0. The lowest BCUT2D eigenvalue weighted by atomic mass is 9.94. The minimum Gasteiger partial charge on any atom is -0.456 e. The lowest BCUT2D eigenvalue weighted by Gasteiger charge is -2.28. The van der Waals surface area contributed by atoms with Gasteiger partial charge in [-0.2, -0.15) is 0 Å². The number of hydrogen-bond acceptors (Lipinski definition) is 3. The van der Waals surface area contributed by atoms with E-state index in [1.807, 2.05) is 24.3 Å². The molecule has 0 unspecified atom stereocenters. The van der Waals surface area contributed by atoms with Crippen molar-refractivity contribution in [3.05, 3.63) is 176 Å². The van der Waals surface area contributed by atoms with E-state index in [1.54, 1.807) is 0 Å². The third-order valence-electron chi connectivity index (χ3n) is 9.67. The van der Waals surface area contributed by atoms with Crippen LogP contribution in [0.4, 0.5) is 17.1 Å². The molecule has 0 saturated heterocycles. The van der Waals surface area contributed by atoms with Crippen LogP contribution in [0.2, 0.25) is 0 Å². The van der Waals surface area contributed by atoms with E-state index in [9.17, 15) is 0 Å². The van der Waals surface area contributed by atoms with E-state index >= 15 is 0 Å². The molecule has 0 aliphatic rings. The first kappa shape index (κ1) is 27.5. The van der Waals surface area contributed by atoms with Gasteiger partial charge in [-0.15, -0.1) is 0 Å².